The molecule has 0 radical (unpaired) electrons. The van der Waals surface area contributed by atoms with E-state index in [0.29, 0.717) is 23.7 Å². The van der Waals surface area contributed by atoms with E-state index < -0.39 is 0 Å². The van der Waals surface area contributed by atoms with Crippen molar-refractivity contribution in [3.63, 3.8) is 0 Å². The summed E-state index contributed by atoms with van der Waals surface area (Å²) in [7, 11) is 0. The van der Waals surface area contributed by atoms with Crippen LogP contribution in [0.5, 0.6) is 11.5 Å². The first kappa shape index (κ1) is 17.5. The van der Waals surface area contributed by atoms with Crippen LogP contribution in [0.2, 0.25) is 0 Å². The maximum atomic E-state index is 11.6. The Labute approximate surface area is 153 Å². The average molecular weight is 347 g/mol. The van der Waals surface area contributed by atoms with E-state index in [1.54, 1.807) is 6.20 Å². The standard InChI is InChI=1S/C21H21N3O2/c1-2-8-21(25)23-16-13-14-20(22-15-16)24-18-11-6-7-12-19(18)26-17-9-4-3-5-10-17/h3-7,9-15H,2,8H2,1H3,(H,22,24)(H,23,25). The fourth-order valence-electron chi connectivity index (χ4n) is 2.40. The maximum Gasteiger partial charge on any atom is 0.224 e. The van der Waals surface area contributed by atoms with Crippen LogP contribution in [0.1, 0.15) is 19.8 Å². The molecule has 2 aromatic carbocycles. The van der Waals surface area contributed by atoms with Gasteiger partial charge in [-0.3, -0.25) is 4.79 Å². The van der Waals surface area contributed by atoms with Gasteiger partial charge in [-0.1, -0.05) is 37.3 Å². The lowest BCUT2D eigenvalue weighted by Crippen LogP contribution is -2.10. The Kier molecular flexibility index (Phi) is 5.83. The molecule has 132 valence electrons. The zero-order valence-electron chi connectivity index (χ0n) is 14.6. The van der Waals surface area contributed by atoms with E-state index in [9.17, 15) is 4.79 Å². The highest BCUT2D eigenvalue weighted by atomic mass is 16.5. The topological polar surface area (TPSA) is 63.2 Å². The van der Waals surface area contributed by atoms with Gasteiger partial charge < -0.3 is 15.4 Å². The van der Waals surface area contributed by atoms with Crippen molar-refractivity contribution in [3.05, 3.63) is 72.9 Å². The first-order chi connectivity index (χ1) is 12.7. The summed E-state index contributed by atoms with van der Waals surface area (Å²) < 4.78 is 5.94. The number of carbonyl (C=O) groups is 1. The van der Waals surface area contributed by atoms with Gasteiger partial charge in [0.05, 0.1) is 17.6 Å². The monoisotopic (exact) mass is 347 g/mol. The van der Waals surface area contributed by atoms with Gasteiger partial charge >= 0.3 is 0 Å². The number of ether oxygens (including phenoxy) is 1. The van der Waals surface area contributed by atoms with Gasteiger partial charge in [0.15, 0.2) is 5.75 Å². The summed E-state index contributed by atoms with van der Waals surface area (Å²) >= 11 is 0. The highest BCUT2D eigenvalue weighted by Gasteiger charge is 2.06. The molecule has 0 aliphatic heterocycles. The third kappa shape index (κ3) is 4.83. The molecule has 3 rings (SSSR count). The lowest BCUT2D eigenvalue weighted by molar-refractivity contribution is -0.116. The molecule has 0 bridgehead atoms. The van der Waals surface area contributed by atoms with Crippen LogP contribution in [0.25, 0.3) is 0 Å². The van der Waals surface area contributed by atoms with Gasteiger partial charge in [-0.2, -0.15) is 0 Å². The number of carbonyl (C=O) groups excluding carboxylic acids is 1. The van der Waals surface area contributed by atoms with E-state index in [4.69, 9.17) is 4.74 Å². The number of rotatable bonds is 7. The van der Waals surface area contributed by atoms with Crippen LogP contribution in [-0.4, -0.2) is 10.9 Å². The van der Waals surface area contributed by atoms with Crippen molar-refractivity contribution in [1.29, 1.82) is 0 Å². The second-order valence-electron chi connectivity index (χ2n) is 5.77. The molecular weight excluding hydrogens is 326 g/mol. The van der Waals surface area contributed by atoms with Crippen molar-refractivity contribution >= 4 is 23.1 Å². The van der Waals surface area contributed by atoms with Crippen LogP contribution in [0.3, 0.4) is 0 Å². The minimum atomic E-state index is -0.00313. The Morgan fingerprint density at radius 1 is 1.00 bits per heavy atom. The summed E-state index contributed by atoms with van der Waals surface area (Å²) in [5.74, 6) is 2.14. The van der Waals surface area contributed by atoms with Crippen molar-refractivity contribution in [2.24, 2.45) is 0 Å². The zero-order chi connectivity index (χ0) is 18.2. The molecule has 1 amide bonds. The van der Waals surface area contributed by atoms with Gasteiger partial charge in [-0.05, 0) is 42.8 Å². The summed E-state index contributed by atoms with van der Waals surface area (Å²) in [5, 5.41) is 6.07. The third-order valence-electron chi connectivity index (χ3n) is 3.65. The Morgan fingerprint density at radius 2 is 1.77 bits per heavy atom. The summed E-state index contributed by atoms with van der Waals surface area (Å²) in [6, 6.07) is 20.9. The maximum absolute atomic E-state index is 11.6. The number of hydrogen-bond acceptors (Lipinski definition) is 4. The highest BCUT2D eigenvalue weighted by molar-refractivity contribution is 5.90. The lowest BCUT2D eigenvalue weighted by Gasteiger charge is -2.13. The molecule has 2 N–H and O–H groups in total. The van der Waals surface area contributed by atoms with Crippen LogP contribution < -0.4 is 15.4 Å². The Bertz CT molecular complexity index is 849. The zero-order valence-corrected chi connectivity index (χ0v) is 14.6. The molecule has 5 heteroatoms. The van der Waals surface area contributed by atoms with Gasteiger partial charge in [-0.15, -0.1) is 0 Å². The first-order valence-corrected chi connectivity index (χ1v) is 8.59. The first-order valence-electron chi connectivity index (χ1n) is 8.59. The quantitative estimate of drug-likeness (QED) is 0.604. The molecular formula is C21H21N3O2. The Morgan fingerprint density at radius 3 is 2.50 bits per heavy atom. The third-order valence-corrected chi connectivity index (χ3v) is 3.65. The number of nitrogens with one attached hydrogen (secondary N) is 2. The Hall–Kier alpha value is -3.34. The molecule has 1 heterocycles. The molecule has 0 aliphatic rings. The SMILES string of the molecule is CCCC(=O)Nc1ccc(Nc2ccccc2Oc2ccccc2)nc1. The molecule has 0 atom stereocenters. The minimum Gasteiger partial charge on any atom is -0.455 e. The molecule has 0 unspecified atom stereocenters. The molecule has 1 aromatic heterocycles. The smallest absolute Gasteiger partial charge is 0.224 e. The number of anilines is 3. The second-order valence-corrected chi connectivity index (χ2v) is 5.77. The molecule has 26 heavy (non-hydrogen) atoms. The fourth-order valence-corrected chi connectivity index (χ4v) is 2.40. The van der Waals surface area contributed by atoms with E-state index in [1.165, 1.54) is 0 Å². The van der Waals surface area contributed by atoms with Gasteiger partial charge in [0, 0.05) is 6.42 Å². The van der Waals surface area contributed by atoms with Gasteiger partial charge in [0.25, 0.3) is 0 Å². The van der Waals surface area contributed by atoms with E-state index in [0.717, 1.165) is 17.9 Å². The van der Waals surface area contributed by atoms with E-state index >= 15 is 0 Å². The van der Waals surface area contributed by atoms with Gasteiger partial charge in [0.2, 0.25) is 5.91 Å². The number of aromatic nitrogens is 1. The second kappa shape index (κ2) is 8.67. The van der Waals surface area contributed by atoms with Crippen molar-refractivity contribution in [1.82, 2.24) is 4.98 Å². The molecule has 0 fully saturated rings. The minimum absolute atomic E-state index is 0.00313. The van der Waals surface area contributed by atoms with E-state index in [2.05, 4.69) is 15.6 Å². The summed E-state index contributed by atoms with van der Waals surface area (Å²) in [6.45, 7) is 1.97. The van der Waals surface area contributed by atoms with Crippen molar-refractivity contribution in [2.75, 3.05) is 10.6 Å². The van der Waals surface area contributed by atoms with Crippen molar-refractivity contribution in [3.8, 4) is 11.5 Å². The number of hydrogen-bond donors (Lipinski definition) is 2. The molecule has 5 nitrogen and oxygen atoms in total. The molecule has 0 saturated heterocycles. The van der Waals surface area contributed by atoms with E-state index in [-0.39, 0.29) is 5.91 Å². The van der Waals surface area contributed by atoms with Crippen LogP contribution in [0.15, 0.2) is 72.9 Å². The summed E-state index contributed by atoms with van der Waals surface area (Å²) in [6.07, 6.45) is 2.96. The molecule has 0 saturated carbocycles. The van der Waals surface area contributed by atoms with Crippen LogP contribution in [-0.2, 0) is 4.79 Å². The normalized spacial score (nSPS) is 10.2. The predicted octanol–water partition coefficient (Wildman–Crippen LogP) is 5.36. The average Bonchev–Trinajstić information content (AvgIpc) is 2.66. The summed E-state index contributed by atoms with van der Waals surface area (Å²) in [4.78, 5) is 16.0. The van der Waals surface area contributed by atoms with Crippen LogP contribution >= 0.6 is 0 Å². The number of amides is 1. The van der Waals surface area contributed by atoms with Gasteiger partial charge in [0.1, 0.15) is 11.6 Å². The summed E-state index contributed by atoms with van der Waals surface area (Å²) in [5.41, 5.74) is 1.49. The molecule has 0 spiro atoms. The Balaban J connectivity index is 1.70. The predicted molar refractivity (Wildman–Crippen MR) is 104 cm³/mol. The molecule has 3 aromatic rings. The van der Waals surface area contributed by atoms with Crippen LogP contribution in [0, 0.1) is 0 Å². The number of para-hydroxylation sites is 3. The number of pyridine rings is 1. The number of benzene rings is 2. The van der Waals surface area contributed by atoms with Crippen molar-refractivity contribution < 1.29 is 9.53 Å². The van der Waals surface area contributed by atoms with Crippen LogP contribution in [0.4, 0.5) is 17.2 Å². The van der Waals surface area contributed by atoms with E-state index in [1.807, 2.05) is 73.7 Å². The highest BCUT2D eigenvalue weighted by Crippen LogP contribution is 2.31. The lowest BCUT2D eigenvalue weighted by atomic mass is 10.2. The van der Waals surface area contributed by atoms with Gasteiger partial charge in [-0.25, -0.2) is 4.98 Å². The van der Waals surface area contributed by atoms with Crippen molar-refractivity contribution in [2.45, 2.75) is 19.8 Å². The number of nitrogens with zero attached hydrogens (tertiary/aromatic N) is 1. The molecule has 0 aliphatic carbocycles. The fraction of sp³-hybridized carbons (Fsp3) is 0.143. The largest absolute Gasteiger partial charge is 0.455 e.